The molecule has 3 rings (SSSR count). The van der Waals surface area contributed by atoms with Gasteiger partial charge in [-0.15, -0.1) is 11.3 Å². The minimum atomic E-state index is -0.172. The lowest BCUT2D eigenvalue weighted by atomic mass is 10.0. The molecule has 1 fully saturated rings. The summed E-state index contributed by atoms with van der Waals surface area (Å²) < 4.78 is 1.96. The summed E-state index contributed by atoms with van der Waals surface area (Å²) in [5.74, 6) is 0.542. The van der Waals surface area contributed by atoms with Crippen LogP contribution in [-0.4, -0.2) is 28.5 Å². The highest BCUT2D eigenvalue weighted by molar-refractivity contribution is 7.13. The van der Waals surface area contributed by atoms with Gasteiger partial charge in [-0.05, 0) is 50.3 Å². The number of thiazole rings is 1. The fourth-order valence-electron chi connectivity index (χ4n) is 3.52. The third kappa shape index (κ3) is 5.70. The van der Waals surface area contributed by atoms with Gasteiger partial charge in [0.15, 0.2) is 5.13 Å². The van der Waals surface area contributed by atoms with Crippen molar-refractivity contribution >= 4 is 22.4 Å². The van der Waals surface area contributed by atoms with Crippen LogP contribution < -0.4 is 10.2 Å². The predicted molar refractivity (Wildman–Crippen MR) is 122 cm³/mol. The molecule has 0 radical (unpaired) electrons. The number of anilines is 1. The van der Waals surface area contributed by atoms with E-state index in [2.05, 4.69) is 35.7 Å². The van der Waals surface area contributed by atoms with Gasteiger partial charge in [0.05, 0.1) is 12.2 Å². The minimum Gasteiger partial charge on any atom is -0.348 e. The average molecular weight is 411 g/mol. The quantitative estimate of drug-likeness (QED) is 0.660. The lowest BCUT2D eigenvalue weighted by Gasteiger charge is -2.30. The summed E-state index contributed by atoms with van der Waals surface area (Å²) in [4.78, 5) is 20.0. The zero-order chi connectivity index (χ0) is 21.0. The first-order chi connectivity index (χ1) is 13.8. The number of aromatic nitrogens is 2. The largest absolute Gasteiger partial charge is 0.348 e. The molecule has 6 heteroatoms. The van der Waals surface area contributed by atoms with Gasteiger partial charge in [-0.25, -0.2) is 4.98 Å². The van der Waals surface area contributed by atoms with E-state index >= 15 is 0 Å². The Bertz CT molecular complexity index is 937. The van der Waals surface area contributed by atoms with Crippen molar-refractivity contribution in [3.05, 3.63) is 71.2 Å². The number of amides is 1. The Labute approximate surface area is 177 Å². The van der Waals surface area contributed by atoms with E-state index < -0.39 is 0 Å². The van der Waals surface area contributed by atoms with E-state index in [1.165, 1.54) is 12.8 Å². The number of hydrogen-bond acceptors (Lipinski definition) is 4. The Morgan fingerprint density at radius 2 is 2.21 bits per heavy atom. The van der Waals surface area contributed by atoms with Crippen molar-refractivity contribution in [2.24, 2.45) is 5.92 Å². The van der Waals surface area contributed by atoms with Gasteiger partial charge in [0.1, 0.15) is 5.69 Å². The van der Waals surface area contributed by atoms with Crippen molar-refractivity contribution in [1.29, 1.82) is 0 Å². The summed E-state index contributed by atoms with van der Waals surface area (Å²) in [6, 6.07) is 1.89. The molecule has 0 spiro atoms. The van der Waals surface area contributed by atoms with Gasteiger partial charge < -0.3 is 14.8 Å². The number of rotatable bonds is 7. The Morgan fingerprint density at radius 1 is 1.41 bits per heavy atom. The summed E-state index contributed by atoms with van der Waals surface area (Å²) in [6.45, 7) is 16.6. The van der Waals surface area contributed by atoms with Crippen LogP contribution in [0.5, 0.6) is 0 Å². The molecular weight excluding hydrogens is 380 g/mol. The van der Waals surface area contributed by atoms with Crippen LogP contribution >= 0.6 is 11.3 Å². The second-order valence-corrected chi connectivity index (χ2v) is 8.84. The average Bonchev–Trinajstić information content (AvgIpc) is 3.27. The van der Waals surface area contributed by atoms with Crippen molar-refractivity contribution in [3.63, 3.8) is 0 Å². The SMILES string of the molecule is C=C(C)/C=C\C(=C)NC(=O)c1cc(C)cn1Cc1csc(N2CCCC(C)C2)n1. The second kappa shape index (κ2) is 9.27. The van der Waals surface area contributed by atoms with Gasteiger partial charge >= 0.3 is 0 Å². The van der Waals surface area contributed by atoms with Crippen LogP contribution in [0.1, 0.15) is 48.4 Å². The lowest BCUT2D eigenvalue weighted by Crippen LogP contribution is -2.34. The number of nitrogens with zero attached hydrogens (tertiary/aromatic N) is 3. The zero-order valence-electron chi connectivity index (χ0n) is 17.6. The van der Waals surface area contributed by atoms with Crippen LogP contribution in [0, 0.1) is 12.8 Å². The van der Waals surface area contributed by atoms with E-state index in [4.69, 9.17) is 4.98 Å². The van der Waals surface area contributed by atoms with Crippen LogP contribution in [0.3, 0.4) is 0 Å². The standard InChI is InChI=1S/C23H30N4OS/c1-16(2)8-9-19(5)24-22(28)21-11-18(4)13-27(21)14-20-15-29-23(25-20)26-10-6-7-17(3)12-26/h8-9,11,13,15,17H,1,5-7,10,12,14H2,2-4H3,(H,24,28)/b9-8-. The van der Waals surface area contributed by atoms with Gasteiger partial charge in [-0.2, -0.15) is 0 Å². The van der Waals surface area contributed by atoms with Crippen LogP contribution in [0.4, 0.5) is 5.13 Å². The molecule has 0 bridgehead atoms. The maximum Gasteiger partial charge on any atom is 0.272 e. The fourth-order valence-corrected chi connectivity index (χ4v) is 4.38. The number of aryl methyl sites for hydroxylation is 1. The molecule has 0 saturated carbocycles. The summed E-state index contributed by atoms with van der Waals surface area (Å²) in [7, 11) is 0. The van der Waals surface area contributed by atoms with Crippen LogP contribution in [0.2, 0.25) is 0 Å². The van der Waals surface area contributed by atoms with E-state index in [0.717, 1.165) is 35.1 Å². The monoisotopic (exact) mass is 410 g/mol. The topological polar surface area (TPSA) is 50.2 Å². The Morgan fingerprint density at radius 3 is 2.93 bits per heavy atom. The highest BCUT2D eigenvalue weighted by atomic mass is 32.1. The number of carbonyl (C=O) groups excluding carboxylic acids is 1. The van der Waals surface area contributed by atoms with Crippen molar-refractivity contribution < 1.29 is 4.79 Å². The summed E-state index contributed by atoms with van der Waals surface area (Å²) in [5.41, 5.74) is 4.07. The van der Waals surface area contributed by atoms with Gasteiger partial charge in [-0.3, -0.25) is 4.79 Å². The third-order valence-electron chi connectivity index (χ3n) is 4.91. The van der Waals surface area contributed by atoms with Gasteiger partial charge in [0.25, 0.3) is 5.91 Å². The van der Waals surface area contributed by atoms with E-state index in [1.807, 2.05) is 36.8 Å². The number of hydrogen-bond donors (Lipinski definition) is 1. The second-order valence-electron chi connectivity index (χ2n) is 8.00. The molecule has 0 aliphatic carbocycles. The lowest BCUT2D eigenvalue weighted by molar-refractivity contribution is 0.0958. The Hall–Kier alpha value is -2.60. The Balaban J connectivity index is 1.70. The first-order valence-corrected chi connectivity index (χ1v) is 10.9. The van der Waals surface area contributed by atoms with E-state index in [0.29, 0.717) is 23.9 Å². The fraction of sp³-hybridized carbons (Fsp3) is 0.391. The molecule has 29 heavy (non-hydrogen) atoms. The van der Waals surface area contributed by atoms with Crippen LogP contribution in [-0.2, 0) is 6.54 Å². The Kier molecular flexibility index (Phi) is 6.75. The molecule has 3 heterocycles. The molecule has 1 aliphatic rings. The molecule has 5 nitrogen and oxygen atoms in total. The molecule has 2 aromatic rings. The van der Waals surface area contributed by atoms with E-state index in [1.54, 1.807) is 17.4 Å². The highest BCUT2D eigenvalue weighted by Crippen LogP contribution is 2.26. The molecule has 154 valence electrons. The summed E-state index contributed by atoms with van der Waals surface area (Å²) in [5, 5.41) is 6.03. The third-order valence-corrected chi connectivity index (χ3v) is 5.86. The molecule has 1 N–H and O–H groups in total. The molecule has 1 atom stereocenters. The number of allylic oxidation sites excluding steroid dienone is 3. The van der Waals surface area contributed by atoms with Gasteiger partial charge in [-0.1, -0.05) is 31.7 Å². The number of carbonyl (C=O) groups is 1. The van der Waals surface area contributed by atoms with Crippen molar-refractivity contribution in [2.75, 3.05) is 18.0 Å². The first-order valence-electron chi connectivity index (χ1n) is 10.0. The van der Waals surface area contributed by atoms with Crippen molar-refractivity contribution in [2.45, 2.75) is 40.2 Å². The van der Waals surface area contributed by atoms with Crippen LogP contribution in [0.15, 0.2) is 54.2 Å². The highest BCUT2D eigenvalue weighted by Gasteiger charge is 2.20. The molecular formula is C23H30N4OS. The normalized spacial score (nSPS) is 16.9. The maximum atomic E-state index is 12.7. The van der Waals surface area contributed by atoms with Gasteiger partial charge in [0, 0.05) is 30.4 Å². The van der Waals surface area contributed by atoms with Crippen molar-refractivity contribution in [3.8, 4) is 0 Å². The van der Waals surface area contributed by atoms with E-state index in [-0.39, 0.29) is 5.91 Å². The molecule has 1 saturated heterocycles. The number of piperidine rings is 1. The van der Waals surface area contributed by atoms with Crippen molar-refractivity contribution in [1.82, 2.24) is 14.9 Å². The van der Waals surface area contributed by atoms with Gasteiger partial charge in [0.2, 0.25) is 0 Å². The minimum absolute atomic E-state index is 0.172. The number of nitrogens with one attached hydrogen (secondary N) is 1. The maximum absolute atomic E-state index is 12.7. The molecule has 1 unspecified atom stereocenters. The first kappa shape index (κ1) is 21.1. The predicted octanol–water partition coefficient (Wildman–Crippen LogP) is 4.91. The van der Waals surface area contributed by atoms with Crippen LogP contribution in [0.25, 0.3) is 0 Å². The molecule has 2 aromatic heterocycles. The molecule has 1 amide bonds. The summed E-state index contributed by atoms with van der Waals surface area (Å²) in [6.07, 6.45) is 8.09. The molecule has 0 aromatic carbocycles. The zero-order valence-corrected chi connectivity index (χ0v) is 18.4. The summed E-state index contributed by atoms with van der Waals surface area (Å²) >= 11 is 1.69. The smallest absolute Gasteiger partial charge is 0.272 e. The molecule has 1 aliphatic heterocycles. The van der Waals surface area contributed by atoms with E-state index in [9.17, 15) is 4.79 Å².